The minimum absolute atomic E-state index is 0.174. The van der Waals surface area contributed by atoms with Crippen molar-refractivity contribution in [3.05, 3.63) is 0 Å². The third-order valence-electron chi connectivity index (χ3n) is 1.16. The van der Waals surface area contributed by atoms with Gasteiger partial charge in [0.25, 0.3) is 0 Å². The van der Waals surface area contributed by atoms with Gasteiger partial charge in [-0.3, -0.25) is 0 Å². The standard InChI is InChI=1S/C6H12O5/c1-9-3-5(4-10-2)6(7)11-8/h5,8H,3-4H2,1-2H3. The van der Waals surface area contributed by atoms with E-state index >= 15 is 0 Å². The lowest BCUT2D eigenvalue weighted by atomic mass is 10.2. The highest BCUT2D eigenvalue weighted by Crippen LogP contribution is 1.99. The molecule has 11 heavy (non-hydrogen) atoms. The summed E-state index contributed by atoms with van der Waals surface area (Å²) in [5.41, 5.74) is 0. The van der Waals surface area contributed by atoms with Gasteiger partial charge in [0.1, 0.15) is 5.92 Å². The average molecular weight is 164 g/mol. The molecule has 0 heterocycles. The lowest BCUT2D eigenvalue weighted by Gasteiger charge is -2.09. The molecule has 0 aromatic heterocycles. The van der Waals surface area contributed by atoms with Crippen molar-refractivity contribution in [3.8, 4) is 0 Å². The van der Waals surface area contributed by atoms with Crippen molar-refractivity contribution in [2.24, 2.45) is 5.92 Å². The van der Waals surface area contributed by atoms with Gasteiger partial charge in [-0.2, -0.15) is 5.26 Å². The van der Waals surface area contributed by atoms with E-state index < -0.39 is 11.9 Å². The number of carbonyl (C=O) groups is 1. The summed E-state index contributed by atoms with van der Waals surface area (Å²) in [6.07, 6.45) is 0. The summed E-state index contributed by atoms with van der Waals surface area (Å²) in [5, 5.41) is 8.00. The van der Waals surface area contributed by atoms with Crippen molar-refractivity contribution in [1.29, 1.82) is 0 Å². The lowest BCUT2D eigenvalue weighted by Crippen LogP contribution is -2.25. The van der Waals surface area contributed by atoms with Crippen molar-refractivity contribution >= 4 is 5.97 Å². The molecular formula is C6H12O5. The molecule has 5 heteroatoms. The second-order valence-electron chi connectivity index (χ2n) is 2.02. The fourth-order valence-corrected chi connectivity index (χ4v) is 0.661. The number of hydrogen-bond acceptors (Lipinski definition) is 5. The maximum Gasteiger partial charge on any atom is 0.349 e. The molecule has 0 unspecified atom stereocenters. The van der Waals surface area contributed by atoms with Crippen LogP contribution >= 0.6 is 0 Å². The van der Waals surface area contributed by atoms with Gasteiger partial charge in [0.2, 0.25) is 0 Å². The summed E-state index contributed by atoms with van der Waals surface area (Å²) in [4.78, 5) is 14.2. The molecule has 0 spiro atoms. The van der Waals surface area contributed by atoms with Crippen LogP contribution in [-0.2, 0) is 19.2 Å². The first kappa shape index (κ1) is 10.3. The lowest BCUT2D eigenvalue weighted by molar-refractivity contribution is -0.241. The molecule has 0 radical (unpaired) electrons. The molecular weight excluding hydrogens is 152 g/mol. The minimum Gasteiger partial charge on any atom is -0.384 e. The van der Waals surface area contributed by atoms with E-state index in [2.05, 4.69) is 14.4 Å². The van der Waals surface area contributed by atoms with Crippen LogP contribution in [-0.4, -0.2) is 38.7 Å². The van der Waals surface area contributed by atoms with Crippen LogP contribution < -0.4 is 0 Å². The Labute approximate surface area is 64.8 Å². The number of carbonyl (C=O) groups excluding carboxylic acids is 1. The molecule has 0 aromatic rings. The maximum absolute atomic E-state index is 10.7. The molecule has 0 atom stereocenters. The van der Waals surface area contributed by atoms with Gasteiger partial charge in [0, 0.05) is 14.2 Å². The Morgan fingerprint density at radius 2 is 1.82 bits per heavy atom. The minimum atomic E-state index is -0.742. The smallest absolute Gasteiger partial charge is 0.349 e. The van der Waals surface area contributed by atoms with Gasteiger partial charge in [0.05, 0.1) is 13.2 Å². The second kappa shape index (κ2) is 6.09. The highest BCUT2D eigenvalue weighted by atomic mass is 17.1. The molecule has 1 N–H and O–H groups in total. The number of rotatable bonds is 5. The predicted octanol–water partition coefficient (Wildman–Crippen LogP) is -0.0884. The highest BCUT2D eigenvalue weighted by molar-refractivity contribution is 5.71. The van der Waals surface area contributed by atoms with Crippen LogP contribution in [0.1, 0.15) is 0 Å². The summed E-state index contributed by atoms with van der Waals surface area (Å²) >= 11 is 0. The molecule has 66 valence electrons. The first-order valence-electron chi connectivity index (χ1n) is 3.09. The molecule has 0 aliphatic heterocycles. The third-order valence-corrected chi connectivity index (χ3v) is 1.16. The molecule has 5 nitrogen and oxygen atoms in total. The van der Waals surface area contributed by atoms with E-state index in [1.807, 2.05) is 0 Å². The van der Waals surface area contributed by atoms with Gasteiger partial charge in [-0.05, 0) is 0 Å². The number of ether oxygens (including phenoxy) is 2. The molecule has 0 saturated heterocycles. The molecule has 0 aromatic carbocycles. The number of hydrogen-bond donors (Lipinski definition) is 1. The van der Waals surface area contributed by atoms with E-state index in [9.17, 15) is 4.79 Å². The molecule has 0 saturated carbocycles. The van der Waals surface area contributed by atoms with Crippen molar-refractivity contribution in [3.63, 3.8) is 0 Å². The SMILES string of the molecule is COCC(COC)C(=O)OO. The highest BCUT2D eigenvalue weighted by Gasteiger charge is 2.19. The quantitative estimate of drug-likeness (QED) is 0.454. The van der Waals surface area contributed by atoms with Crippen LogP contribution in [0.3, 0.4) is 0 Å². The van der Waals surface area contributed by atoms with Crippen molar-refractivity contribution in [2.75, 3.05) is 27.4 Å². The Morgan fingerprint density at radius 1 is 1.36 bits per heavy atom. The molecule has 0 rings (SSSR count). The van der Waals surface area contributed by atoms with E-state index in [0.29, 0.717) is 0 Å². The van der Waals surface area contributed by atoms with Crippen LogP contribution in [0.25, 0.3) is 0 Å². The van der Waals surface area contributed by atoms with Gasteiger partial charge >= 0.3 is 5.97 Å². The van der Waals surface area contributed by atoms with E-state index in [1.54, 1.807) is 0 Å². The number of methoxy groups -OCH3 is 2. The van der Waals surface area contributed by atoms with Crippen molar-refractivity contribution in [1.82, 2.24) is 0 Å². The summed E-state index contributed by atoms with van der Waals surface area (Å²) in [7, 11) is 2.90. The Kier molecular flexibility index (Phi) is 5.73. The first-order chi connectivity index (χ1) is 5.26. The van der Waals surface area contributed by atoms with Gasteiger partial charge in [0.15, 0.2) is 0 Å². The third kappa shape index (κ3) is 3.92. The summed E-state index contributed by atoms with van der Waals surface area (Å²) in [6.45, 7) is 0.348. The van der Waals surface area contributed by atoms with Crippen molar-refractivity contribution < 1.29 is 24.4 Å². The fourth-order valence-electron chi connectivity index (χ4n) is 0.661. The maximum atomic E-state index is 10.7. The molecule has 0 aliphatic carbocycles. The molecule has 0 aliphatic rings. The molecule has 0 fully saturated rings. The average Bonchev–Trinajstić information content (AvgIpc) is 2.03. The normalized spacial score (nSPS) is 10.2. The van der Waals surface area contributed by atoms with Gasteiger partial charge in [-0.15, -0.1) is 0 Å². The van der Waals surface area contributed by atoms with Gasteiger partial charge in [-0.1, -0.05) is 0 Å². The van der Waals surface area contributed by atoms with E-state index in [-0.39, 0.29) is 13.2 Å². The second-order valence-corrected chi connectivity index (χ2v) is 2.02. The summed E-state index contributed by atoms with van der Waals surface area (Å²) < 4.78 is 9.38. The largest absolute Gasteiger partial charge is 0.384 e. The Bertz CT molecular complexity index is 108. The van der Waals surface area contributed by atoms with Crippen LogP contribution in [0.15, 0.2) is 0 Å². The molecule has 0 amide bonds. The van der Waals surface area contributed by atoms with Crippen LogP contribution in [0.5, 0.6) is 0 Å². The predicted molar refractivity (Wildman–Crippen MR) is 36.0 cm³/mol. The Hall–Kier alpha value is -0.650. The fraction of sp³-hybridized carbons (Fsp3) is 0.833. The van der Waals surface area contributed by atoms with E-state index in [1.165, 1.54) is 14.2 Å². The summed E-state index contributed by atoms with van der Waals surface area (Å²) in [5.74, 6) is -1.30. The van der Waals surface area contributed by atoms with Crippen molar-refractivity contribution in [2.45, 2.75) is 0 Å². The monoisotopic (exact) mass is 164 g/mol. The van der Waals surface area contributed by atoms with Crippen LogP contribution in [0, 0.1) is 5.92 Å². The van der Waals surface area contributed by atoms with Crippen LogP contribution in [0.2, 0.25) is 0 Å². The zero-order valence-electron chi connectivity index (χ0n) is 6.57. The topological polar surface area (TPSA) is 65.0 Å². The molecule has 0 bridgehead atoms. The Balaban J connectivity index is 3.76. The van der Waals surface area contributed by atoms with E-state index in [0.717, 1.165) is 0 Å². The summed E-state index contributed by atoms with van der Waals surface area (Å²) in [6, 6.07) is 0. The van der Waals surface area contributed by atoms with Gasteiger partial charge in [-0.25, -0.2) is 4.79 Å². The van der Waals surface area contributed by atoms with Crippen LogP contribution in [0.4, 0.5) is 0 Å². The van der Waals surface area contributed by atoms with Gasteiger partial charge < -0.3 is 14.4 Å². The first-order valence-corrected chi connectivity index (χ1v) is 3.09. The van der Waals surface area contributed by atoms with E-state index in [4.69, 9.17) is 5.26 Å². The zero-order valence-corrected chi connectivity index (χ0v) is 6.57. The Morgan fingerprint density at radius 3 is 2.09 bits per heavy atom. The zero-order chi connectivity index (χ0) is 8.69.